The Labute approximate surface area is 162 Å². The third-order valence-corrected chi connectivity index (χ3v) is 3.88. The maximum atomic E-state index is 12.4. The molecule has 140 valence electrons. The molecule has 6 nitrogen and oxygen atoms in total. The molecule has 0 heterocycles. The summed E-state index contributed by atoms with van der Waals surface area (Å²) in [4.78, 5) is 35.7. The highest BCUT2D eigenvalue weighted by molar-refractivity contribution is 6.06. The van der Waals surface area contributed by atoms with Gasteiger partial charge in [-0.05, 0) is 54.6 Å². The molecule has 0 fully saturated rings. The number of benzene rings is 3. The summed E-state index contributed by atoms with van der Waals surface area (Å²) in [5.74, 6) is -0.690. The van der Waals surface area contributed by atoms with Gasteiger partial charge in [0.15, 0.2) is 0 Å². The van der Waals surface area contributed by atoms with Gasteiger partial charge in [0.25, 0.3) is 11.8 Å². The third-order valence-electron chi connectivity index (χ3n) is 3.88. The van der Waals surface area contributed by atoms with Crippen LogP contribution in [0.2, 0.25) is 0 Å². The second-order valence-electron chi connectivity index (χ2n) is 6.11. The zero-order valence-corrected chi connectivity index (χ0v) is 15.2. The van der Waals surface area contributed by atoms with E-state index >= 15 is 0 Å². The lowest BCUT2D eigenvalue weighted by Gasteiger charge is -2.09. The molecule has 0 aliphatic carbocycles. The lowest BCUT2D eigenvalue weighted by molar-refractivity contribution is -0.114. The van der Waals surface area contributed by atoms with Crippen LogP contribution in [0.4, 0.5) is 17.1 Å². The molecule has 3 aromatic carbocycles. The first-order valence-electron chi connectivity index (χ1n) is 8.67. The fourth-order valence-electron chi connectivity index (χ4n) is 2.58. The van der Waals surface area contributed by atoms with E-state index in [1.807, 2.05) is 6.07 Å². The van der Waals surface area contributed by atoms with E-state index in [0.29, 0.717) is 28.2 Å². The highest BCUT2D eigenvalue weighted by Gasteiger charge is 2.09. The molecular weight excluding hydrogens is 354 g/mol. The standard InChI is InChI=1S/C22H19N3O3/c1-15(26)23-19-8-5-9-20(14-19)25-22(28)17-10-12-18(13-11-17)24-21(27)16-6-3-2-4-7-16/h2-14H,1H3,(H,23,26)(H,24,27)(H,25,28). The lowest BCUT2D eigenvalue weighted by Crippen LogP contribution is -2.14. The molecule has 3 aromatic rings. The Hall–Kier alpha value is -3.93. The molecule has 0 atom stereocenters. The van der Waals surface area contributed by atoms with Crippen LogP contribution in [0.15, 0.2) is 78.9 Å². The van der Waals surface area contributed by atoms with Crippen molar-refractivity contribution in [1.82, 2.24) is 0 Å². The quantitative estimate of drug-likeness (QED) is 0.628. The SMILES string of the molecule is CC(=O)Nc1cccc(NC(=O)c2ccc(NC(=O)c3ccccc3)cc2)c1. The van der Waals surface area contributed by atoms with Crippen LogP contribution in [-0.2, 0) is 4.79 Å². The van der Waals surface area contributed by atoms with E-state index in [1.54, 1.807) is 72.8 Å². The van der Waals surface area contributed by atoms with Gasteiger partial charge in [-0.15, -0.1) is 0 Å². The van der Waals surface area contributed by atoms with E-state index in [4.69, 9.17) is 0 Å². The summed E-state index contributed by atoms with van der Waals surface area (Å²) in [6, 6.07) is 22.4. The number of hydrogen-bond donors (Lipinski definition) is 3. The predicted octanol–water partition coefficient (Wildman–Crippen LogP) is 4.15. The molecule has 3 rings (SSSR count). The Kier molecular flexibility index (Phi) is 5.81. The molecule has 0 saturated carbocycles. The number of amides is 3. The molecule has 28 heavy (non-hydrogen) atoms. The second kappa shape index (κ2) is 8.64. The average Bonchev–Trinajstić information content (AvgIpc) is 2.69. The summed E-state index contributed by atoms with van der Waals surface area (Å²) in [5, 5.41) is 8.24. The van der Waals surface area contributed by atoms with Crippen LogP contribution < -0.4 is 16.0 Å². The van der Waals surface area contributed by atoms with Crippen molar-refractivity contribution >= 4 is 34.8 Å². The van der Waals surface area contributed by atoms with Crippen molar-refractivity contribution in [1.29, 1.82) is 0 Å². The van der Waals surface area contributed by atoms with E-state index < -0.39 is 0 Å². The van der Waals surface area contributed by atoms with Gasteiger partial charge in [0.2, 0.25) is 5.91 Å². The fourth-order valence-corrected chi connectivity index (χ4v) is 2.58. The van der Waals surface area contributed by atoms with Gasteiger partial charge in [-0.3, -0.25) is 14.4 Å². The maximum Gasteiger partial charge on any atom is 0.255 e. The zero-order valence-electron chi connectivity index (χ0n) is 15.2. The number of rotatable bonds is 5. The fraction of sp³-hybridized carbons (Fsp3) is 0.0455. The van der Waals surface area contributed by atoms with Crippen molar-refractivity contribution in [2.45, 2.75) is 6.92 Å². The zero-order chi connectivity index (χ0) is 19.9. The highest BCUT2D eigenvalue weighted by atomic mass is 16.2. The Morgan fingerprint density at radius 3 is 1.71 bits per heavy atom. The summed E-state index contributed by atoms with van der Waals surface area (Å²) in [6.45, 7) is 1.42. The van der Waals surface area contributed by atoms with Crippen LogP contribution in [-0.4, -0.2) is 17.7 Å². The largest absolute Gasteiger partial charge is 0.326 e. The van der Waals surface area contributed by atoms with Gasteiger partial charge in [0, 0.05) is 35.1 Å². The second-order valence-corrected chi connectivity index (χ2v) is 6.11. The number of carbonyl (C=O) groups is 3. The van der Waals surface area contributed by atoms with E-state index in [0.717, 1.165) is 0 Å². The summed E-state index contributed by atoms with van der Waals surface area (Å²) in [5.41, 5.74) is 2.77. The monoisotopic (exact) mass is 373 g/mol. The molecule has 0 aliphatic heterocycles. The topological polar surface area (TPSA) is 87.3 Å². The number of anilines is 3. The van der Waals surface area contributed by atoms with Gasteiger partial charge in [0.05, 0.1) is 0 Å². The smallest absolute Gasteiger partial charge is 0.255 e. The van der Waals surface area contributed by atoms with Gasteiger partial charge >= 0.3 is 0 Å². The van der Waals surface area contributed by atoms with E-state index in [-0.39, 0.29) is 17.7 Å². The van der Waals surface area contributed by atoms with E-state index in [1.165, 1.54) is 6.92 Å². The van der Waals surface area contributed by atoms with Crippen LogP contribution in [0.1, 0.15) is 27.6 Å². The van der Waals surface area contributed by atoms with Crippen molar-refractivity contribution in [3.8, 4) is 0 Å². The summed E-state index contributed by atoms with van der Waals surface area (Å²) >= 11 is 0. The van der Waals surface area contributed by atoms with Gasteiger partial charge in [-0.2, -0.15) is 0 Å². The van der Waals surface area contributed by atoms with Crippen LogP contribution in [0.25, 0.3) is 0 Å². The number of nitrogens with one attached hydrogen (secondary N) is 3. The molecule has 3 N–H and O–H groups in total. The molecule has 0 spiro atoms. The first-order chi connectivity index (χ1) is 13.5. The summed E-state index contributed by atoms with van der Waals surface area (Å²) < 4.78 is 0. The van der Waals surface area contributed by atoms with Gasteiger partial charge < -0.3 is 16.0 Å². The van der Waals surface area contributed by atoms with Crippen LogP contribution >= 0.6 is 0 Å². The number of hydrogen-bond acceptors (Lipinski definition) is 3. The molecule has 0 bridgehead atoms. The normalized spacial score (nSPS) is 10.0. The Morgan fingerprint density at radius 2 is 1.11 bits per heavy atom. The van der Waals surface area contributed by atoms with Crippen LogP contribution in [0.3, 0.4) is 0 Å². The molecule has 6 heteroatoms. The van der Waals surface area contributed by atoms with Crippen molar-refractivity contribution in [3.63, 3.8) is 0 Å². The van der Waals surface area contributed by atoms with E-state index in [2.05, 4.69) is 16.0 Å². The predicted molar refractivity (Wildman–Crippen MR) is 110 cm³/mol. The van der Waals surface area contributed by atoms with Gasteiger partial charge in [-0.1, -0.05) is 24.3 Å². The van der Waals surface area contributed by atoms with Gasteiger partial charge in [-0.25, -0.2) is 0 Å². The Morgan fingerprint density at radius 1 is 0.571 bits per heavy atom. The van der Waals surface area contributed by atoms with Crippen molar-refractivity contribution in [2.75, 3.05) is 16.0 Å². The van der Waals surface area contributed by atoms with Crippen molar-refractivity contribution in [3.05, 3.63) is 90.0 Å². The minimum atomic E-state index is -0.291. The Balaban J connectivity index is 1.64. The molecular formula is C22H19N3O3. The van der Waals surface area contributed by atoms with Crippen LogP contribution in [0, 0.1) is 0 Å². The first-order valence-corrected chi connectivity index (χ1v) is 8.67. The summed E-state index contributed by atoms with van der Waals surface area (Å²) in [7, 11) is 0. The van der Waals surface area contributed by atoms with Gasteiger partial charge in [0.1, 0.15) is 0 Å². The number of carbonyl (C=O) groups excluding carboxylic acids is 3. The first kappa shape index (κ1) is 18.8. The van der Waals surface area contributed by atoms with Crippen molar-refractivity contribution < 1.29 is 14.4 Å². The third kappa shape index (κ3) is 5.04. The van der Waals surface area contributed by atoms with E-state index in [9.17, 15) is 14.4 Å². The minimum Gasteiger partial charge on any atom is -0.326 e. The maximum absolute atomic E-state index is 12.4. The minimum absolute atomic E-state index is 0.184. The molecule has 0 aliphatic rings. The molecule has 3 amide bonds. The van der Waals surface area contributed by atoms with Crippen LogP contribution in [0.5, 0.6) is 0 Å². The lowest BCUT2D eigenvalue weighted by atomic mass is 10.1. The highest BCUT2D eigenvalue weighted by Crippen LogP contribution is 2.17. The van der Waals surface area contributed by atoms with Crippen molar-refractivity contribution in [2.24, 2.45) is 0 Å². The molecule has 0 aromatic heterocycles. The average molecular weight is 373 g/mol. The Bertz CT molecular complexity index is 999. The molecule has 0 saturated heterocycles. The molecule has 0 unspecified atom stereocenters. The molecule has 0 radical (unpaired) electrons. The summed E-state index contributed by atoms with van der Waals surface area (Å²) in [6.07, 6.45) is 0.